The summed E-state index contributed by atoms with van der Waals surface area (Å²) in [6.45, 7) is 6.06. The van der Waals surface area contributed by atoms with Crippen LogP contribution in [0.5, 0.6) is 11.5 Å². The second-order valence-corrected chi connectivity index (χ2v) is 4.01. The average molecular weight is 212 g/mol. The van der Waals surface area contributed by atoms with Crippen LogP contribution in [0, 0.1) is 0 Å². The van der Waals surface area contributed by atoms with Crippen LogP contribution < -0.4 is 4.74 Å². The van der Waals surface area contributed by atoms with Gasteiger partial charge in [0.05, 0.1) is 12.7 Å². The minimum absolute atomic E-state index is 0.0417. The molecule has 3 nitrogen and oxygen atoms in total. The smallest absolute Gasteiger partial charge is 0.119 e. The fraction of sp³-hybridized carbons (Fsp3) is 0.500. The van der Waals surface area contributed by atoms with E-state index in [1.54, 1.807) is 38.5 Å². The number of aromatic hydroxyl groups is 1. The molecule has 1 aromatic carbocycles. The van der Waals surface area contributed by atoms with E-state index in [1.807, 2.05) is 20.8 Å². The van der Waals surface area contributed by atoms with Crippen LogP contribution in [0.2, 0.25) is 0 Å². The minimum atomic E-state index is 0.0417. The highest BCUT2D eigenvalue weighted by Gasteiger charge is 2.03. The van der Waals surface area contributed by atoms with Gasteiger partial charge in [0.1, 0.15) is 11.5 Å². The first-order valence-electron chi connectivity index (χ1n) is 4.77. The van der Waals surface area contributed by atoms with Crippen molar-refractivity contribution in [1.82, 2.24) is 0 Å². The zero-order valence-electron chi connectivity index (χ0n) is 10.1. The Balaban J connectivity index is 0.000000288. The molecule has 0 aromatic heterocycles. The van der Waals surface area contributed by atoms with Gasteiger partial charge in [0, 0.05) is 7.11 Å². The molecule has 0 unspecified atom stereocenters. The molecule has 0 fully saturated rings. The van der Waals surface area contributed by atoms with Gasteiger partial charge in [-0.25, -0.2) is 0 Å². The van der Waals surface area contributed by atoms with Crippen LogP contribution in [0.1, 0.15) is 20.8 Å². The maximum atomic E-state index is 8.80. The average Bonchev–Trinajstić information content (AvgIpc) is 2.19. The van der Waals surface area contributed by atoms with Crippen LogP contribution >= 0.6 is 0 Å². The third-order valence-electron chi connectivity index (χ3n) is 1.68. The van der Waals surface area contributed by atoms with E-state index in [0.29, 0.717) is 0 Å². The molecule has 0 saturated carbocycles. The molecule has 0 aliphatic carbocycles. The Bertz CT molecular complexity index is 259. The SMILES string of the molecule is COC(C)(C)C.COc1ccc(O)cc1. The maximum Gasteiger partial charge on any atom is 0.119 e. The van der Waals surface area contributed by atoms with Crippen molar-refractivity contribution in [3.8, 4) is 11.5 Å². The number of phenols is 1. The molecule has 0 heterocycles. The zero-order chi connectivity index (χ0) is 11.9. The highest BCUT2D eigenvalue weighted by molar-refractivity contribution is 5.29. The maximum absolute atomic E-state index is 8.80. The summed E-state index contributed by atoms with van der Waals surface area (Å²) in [7, 11) is 3.30. The molecule has 0 atom stereocenters. The van der Waals surface area contributed by atoms with Crippen LogP contribution in [0.3, 0.4) is 0 Å². The van der Waals surface area contributed by atoms with E-state index in [1.165, 1.54) is 0 Å². The summed E-state index contributed by atoms with van der Waals surface area (Å²) in [5.41, 5.74) is 0.0417. The first kappa shape index (κ1) is 13.8. The quantitative estimate of drug-likeness (QED) is 0.778. The molecule has 1 aromatic rings. The number of phenolic OH excluding ortho intramolecular Hbond substituents is 1. The normalized spacial score (nSPS) is 10.2. The Morgan fingerprint density at radius 1 is 1.00 bits per heavy atom. The molecule has 0 spiro atoms. The van der Waals surface area contributed by atoms with Crippen LogP contribution in [0.4, 0.5) is 0 Å². The molecule has 86 valence electrons. The second kappa shape index (κ2) is 6.30. The van der Waals surface area contributed by atoms with Crippen molar-refractivity contribution >= 4 is 0 Å². The van der Waals surface area contributed by atoms with Crippen molar-refractivity contribution in [2.45, 2.75) is 26.4 Å². The number of hydrogen-bond donors (Lipinski definition) is 1. The van der Waals surface area contributed by atoms with Crippen molar-refractivity contribution in [3.63, 3.8) is 0 Å². The topological polar surface area (TPSA) is 38.7 Å². The lowest BCUT2D eigenvalue weighted by atomic mass is 10.2. The summed E-state index contributed by atoms with van der Waals surface area (Å²) in [4.78, 5) is 0. The standard InChI is InChI=1S/C7H8O2.C5H12O/c1-9-7-4-2-6(8)3-5-7;1-5(2,3)6-4/h2-5,8H,1H3;1-4H3. The van der Waals surface area contributed by atoms with E-state index in [0.717, 1.165) is 5.75 Å². The zero-order valence-corrected chi connectivity index (χ0v) is 10.1. The molecule has 15 heavy (non-hydrogen) atoms. The van der Waals surface area contributed by atoms with E-state index in [-0.39, 0.29) is 11.4 Å². The molecule has 3 heteroatoms. The molecule has 0 radical (unpaired) electrons. The summed E-state index contributed by atoms with van der Waals surface area (Å²) in [5, 5.41) is 8.80. The predicted molar refractivity (Wildman–Crippen MR) is 61.4 cm³/mol. The first-order chi connectivity index (χ1) is 6.89. The Labute approximate surface area is 91.6 Å². The Kier molecular flexibility index (Phi) is 5.79. The van der Waals surface area contributed by atoms with E-state index < -0.39 is 0 Å². The van der Waals surface area contributed by atoms with Gasteiger partial charge in [-0.3, -0.25) is 0 Å². The number of benzene rings is 1. The Hall–Kier alpha value is -1.22. The van der Waals surface area contributed by atoms with Crippen molar-refractivity contribution in [2.24, 2.45) is 0 Å². The van der Waals surface area contributed by atoms with Crippen LogP contribution in [-0.2, 0) is 4.74 Å². The monoisotopic (exact) mass is 212 g/mol. The predicted octanol–water partition coefficient (Wildman–Crippen LogP) is 2.83. The first-order valence-corrected chi connectivity index (χ1v) is 4.77. The van der Waals surface area contributed by atoms with Gasteiger partial charge in [0.2, 0.25) is 0 Å². The third kappa shape index (κ3) is 7.82. The molecule has 0 aliphatic heterocycles. The van der Waals surface area contributed by atoms with E-state index >= 15 is 0 Å². The number of ether oxygens (including phenoxy) is 2. The fourth-order valence-electron chi connectivity index (χ4n) is 0.582. The van der Waals surface area contributed by atoms with Gasteiger partial charge in [-0.1, -0.05) is 0 Å². The van der Waals surface area contributed by atoms with Gasteiger partial charge in [-0.2, -0.15) is 0 Å². The highest BCUT2D eigenvalue weighted by Crippen LogP contribution is 2.14. The van der Waals surface area contributed by atoms with Gasteiger partial charge >= 0.3 is 0 Å². The molecule has 0 aliphatic rings. The van der Waals surface area contributed by atoms with Crippen molar-refractivity contribution in [3.05, 3.63) is 24.3 Å². The lowest BCUT2D eigenvalue weighted by Gasteiger charge is -2.14. The summed E-state index contributed by atoms with van der Waals surface area (Å²) >= 11 is 0. The van der Waals surface area contributed by atoms with Crippen LogP contribution in [-0.4, -0.2) is 24.9 Å². The number of methoxy groups -OCH3 is 2. The Morgan fingerprint density at radius 3 is 1.67 bits per heavy atom. The highest BCUT2D eigenvalue weighted by atomic mass is 16.5. The fourth-order valence-corrected chi connectivity index (χ4v) is 0.582. The molecule has 1 rings (SSSR count). The molecule has 0 amide bonds. The summed E-state index contributed by atoms with van der Waals surface area (Å²) in [6.07, 6.45) is 0. The molecular weight excluding hydrogens is 192 g/mol. The van der Waals surface area contributed by atoms with E-state index in [2.05, 4.69) is 0 Å². The van der Waals surface area contributed by atoms with Gasteiger partial charge in [0.15, 0.2) is 0 Å². The lowest BCUT2D eigenvalue weighted by molar-refractivity contribution is 0.0397. The van der Waals surface area contributed by atoms with Crippen LogP contribution in [0.25, 0.3) is 0 Å². The van der Waals surface area contributed by atoms with Crippen molar-refractivity contribution < 1.29 is 14.6 Å². The van der Waals surface area contributed by atoms with E-state index in [4.69, 9.17) is 14.6 Å². The molecule has 0 bridgehead atoms. The van der Waals surface area contributed by atoms with Gasteiger partial charge in [-0.05, 0) is 45.0 Å². The molecule has 1 N–H and O–H groups in total. The van der Waals surface area contributed by atoms with Crippen LogP contribution in [0.15, 0.2) is 24.3 Å². The summed E-state index contributed by atoms with van der Waals surface area (Å²) < 4.78 is 9.80. The van der Waals surface area contributed by atoms with E-state index in [9.17, 15) is 0 Å². The lowest BCUT2D eigenvalue weighted by Crippen LogP contribution is -2.15. The summed E-state index contributed by atoms with van der Waals surface area (Å²) in [5.74, 6) is 1.02. The van der Waals surface area contributed by atoms with Gasteiger partial charge < -0.3 is 14.6 Å². The second-order valence-electron chi connectivity index (χ2n) is 4.01. The van der Waals surface area contributed by atoms with Crippen molar-refractivity contribution in [1.29, 1.82) is 0 Å². The van der Waals surface area contributed by atoms with Crippen molar-refractivity contribution in [2.75, 3.05) is 14.2 Å². The molecular formula is C12H20O3. The van der Waals surface area contributed by atoms with Gasteiger partial charge in [-0.15, -0.1) is 0 Å². The third-order valence-corrected chi connectivity index (χ3v) is 1.68. The van der Waals surface area contributed by atoms with Gasteiger partial charge in [0.25, 0.3) is 0 Å². The number of rotatable bonds is 1. The summed E-state index contributed by atoms with van der Waals surface area (Å²) in [6, 6.07) is 6.57. The largest absolute Gasteiger partial charge is 0.508 e. The minimum Gasteiger partial charge on any atom is -0.508 e. The number of hydrogen-bond acceptors (Lipinski definition) is 3. The Morgan fingerprint density at radius 2 is 1.40 bits per heavy atom. The molecule has 0 saturated heterocycles.